The summed E-state index contributed by atoms with van der Waals surface area (Å²) in [6.07, 6.45) is 0.983. The molecule has 1 atom stereocenters. The van der Waals surface area contributed by atoms with Gasteiger partial charge in [-0.3, -0.25) is 0 Å². The molecule has 0 radical (unpaired) electrons. The van der Waals surface area contributed by atoms with Crippen LogP contribution in [-0.4, -0.2) is 25.0 Å². The molecule has 0 saturated heterocycles. The van der Waals surface area contributed by atoms with E-state index in [0.29, 0.717) is 5.92 Å². The summed E-state index contributed by atoms with van der Waals surface area (Å²) in [6.45, 7) is 2.05. The molecule has 0 saturated carbocycles. The van der Waals surface area contributed by atoms with Gasteiger partial charge in [-0.1, -0.05) is 53.5 Å². The molecule has 1 unspecified atom stereocenters. The third kappa shape index (κ3) is 2.55. The molecular formula is C15H15Cl2NS. The predicted molar refractivity (Wildman–Crippen MR) is 83.8 cm³/mol. The van der Waals surface area contributed by atoms with E-state index in [1.807, 2.05) is 0 Å². The first-order valence-electron chi connectivity index (χ1n) is 6.37. The van der Waals surface area contributed by atoms with Crippen LogP contribution in [0.1, 0.15) is 21.9 Å². The minimum absolute atomic E-state index is 0.374. The van der Waals surface area contributed by atoms with E-state index in [1.54, 1.807) is 11.3 Å². The van der Waals surface area contributed by atoms with Gasteiger partial charge in [-0.25, -0.2) is 0 Å². The third-order valence-corrected chi connectivity index (χ3v) is 5.87. The Morgan fingerprint density at radius 2 is 1.95 bits per heavy atom. The zero-order chi connectivity index (χ0) is 13.4. The summed E-state index contributed by atoms with van der Waals surface area (Å²) in [5.74, 6) is 0.374. The maximum atomic E-state index is 6.36. The van der Waals surface area contributed by atoms with Gasteiger partial charge >= 0.3 is 0 Å². The van der Waals surface area contributed by atoms with Crippen molar-refractivity contribution in [1.82, 2.24) is 4.90 Å². The molecular weight excluding hydrogens is 297 g/mol. The normalized spacial score (nSPS) is 20.1. The zero-order valence-corrected chi connectivity index (χ0v) is 13.0. The number of thiophene rings is 1. The van der Waals surface area contributed by atoms with Crippen LogP contribution in [0.15, 0.2) is 30.3 Å². The van der Waals surface area contributed by atoms with E-state index in [9.17, 15) is 0 Å². The zero-order valence-electron chi connectivity index (χ0n) is 10.7. The molecule has 0 spiro atoms. The predicted octanol–water partition coefficient (Wildman–Crippen LogP) is 4.67. The fourth-order valence-electron chi connectivity index (χ4n) is 2.67. The third-order valence-electron chi connectivity index (χ3n) is 3.69. The Labute approximate surface area is 127 Å². The van der Waals surface area contributed by atoms with E-state index in [1.165, 1.54) is 16.0 Å². The van der Waals surface area contributed by atoms with Crippen molar-refractivity contribution in [3.63, 3.8) is 0 Å². The Bertz CT molecular complexity index is 579. The number of benzene rings is 1. The highest BCUT2D eigenvalue weighted by molar-refractivity contribution is 7.17. The first kappa shape index (κ1) is 13.4. The van der Waals surface area contributed by atoms with Crippen molar-refractivity contribution in [2.24, 2.45) is 0 Å². The maximum absolute atomic E-state index is 6.36. The Kier molecular flexibility index (Phi) is 3.86. The number of fused-ring (bicyclic) bond motifs is 1. The molecule has 4 heteroatoms. The second-order valence-electron chi connectivity index (χ2n) is 5.01. The Morgan fingerprint density at radius 1 is 1.21 bits per heavy atom. The van der Waals surface area contributed by atoms with E-state index in [-0.39, 0.29) is 0 Å². The molecule has 2 heterocycles. The van der Waals surface area contributed by atoms with Gasteiger partial charge in [-0.2, -0.15) is 0 Å². The molecule has 19 heavy (non-hydrogen) atoms. The van der Waals surface area contributed by atoms with Gasteiger partial charge in [0, 0.05) is 23.9 Å². The molecule has 1 nitrogen and oxygen atoms in total. The van der Waals surface area contributed by atoms with E-state index in [4.69, 9.17) is 23.2 Å². The van der Waals surface area contributed by atoms with Crippen LogP contribution >= 0.6 is 34.5 Å². The van der Waals surface area contributed by atoms with Crippen LogP contribution in [0.2, 0.25) is 9.36 Å². The SMILES string of the molecule is CN1CCc2c(sc(Cl)c2Cl)C(c2ccccc2)C1. The van der Waals surface area contributed by atoms with Gasteiger partial charge < -0.3 is 4.90 Å². The van der Waals surface area contributed by atoms with Gasteiger partial charge in [-0.15, -0.1) is 11.3 Å². The smallest absolute Gasteiger partial charge is 0.112 e. The number of nitrogens with zero attached hydrogens (tertiary/aromatic N) is 1. The molecule has 2 aromatic rings. The highest BCUT2D eigenvalue weighted by Crippen LogP contribution is 2.44. The number of rotatable bonds is 1. The monoisotopic (exact) mass is 311 g/mol. The quantitative estimate of drug-likeness (QED) is 0.739. The lowest BCUT2D eigenvalue weighted by Gasteiger charge is -2.20. The highest BCUT2D eigenvalue weighted by Gasteiger charge is 2.27. The molecule has 0 aliphatic carbocycles. The average molecular weight is 312 g/mol. The summed E-state index contributed by atoms with van der Waals surface area (Å²) in [7, 11) is 2.17. The van der Waals surface area contributed by atoms with Crippen molar-refractivity contribution >= 4 is 34.5 Å². The summed E-state index contributed by atoms with van der Waals surface area (Å²) >= 11 is 14.2. The Balaban J connectivity index is 2.10. The summed E-state index contributed by atoms with van der Waals surface area (Å²) in [6, 6.07) is 10.6. The van der Waals surface area contributed by atoms with Crippen molar-refractivity contribution in [3.8, 4) is 0 Å². The Hall–Kier alpha value is -0.540. The maximum Gasteiger partial charge on any atom is 0.112 e. The van der Waals surface area contributed by atoms with E-state index in [0.717, 1.165) is 28.9 Å². The van der Waals surface area contributed by atoms with Crippen LogP contribution < -0.4 is 0 Å². The largest absolute Gasteiger partial charge is 0.305 e. The summed E-state index contributed by atoms with van der Waals surface area (Å²) in [4.78, 5) is 3.71. The molecule has 1 aromatic carbocycles. The van der Waals surface area contributed by atoms with E-state index < -0.39 is 0 Å². The van der Waals surface area contributed by atoms with Crippen molar-refractivity contribution < 1.29 is 0 Å². The molecule has 1 aliphatic heterocycles. The lowest BCUT2D eigenvalue weighted by molar-refractivity contribution is 0.338. The minimum atomic E-state index is 0.374. The molecule has 100 valence electrons. The van der Waals surface area contributed by atoms with Crippen LogP contribution in [0.4, 0.5) is 0 Å². The van der Waals surface area contributed by atoms with Crippen LogP contribution in [0.5, 0.6) is 0 Å². The summed E-state index contributed by atoms with van der Waals surface area (Å²) in [5.41, 5.74) is 2.59. The lowest BCUT2D eigenvalue weighted by atomic mass is 9.95. The minimum Gasteiger partial charge on any atom is -0.305 e. The fourth-order valence-corrected chi connectivity index (χ4v) is 4.49. The van der Waals surface area contributed by atoms with E-state index in [2.05, 4.69) is 42.3 Å². The standard InChI is InChI=1S/C15H15Cl2NS/c1-18-8-7-11-13(16)15(17)19-14(11)12(9-18)10-5-3-2-4-6-10/h2-6,12H,7-9H2,1H3. The van der Waals surface area contributed by atoms with Gasteiger partial charge in [-0.05, 0) is 24.6 Å². The van der Waals surface area contributed by atoms with Crippen LogP contribution in [-0.2, 0) is 6.42 Å². The van der Waals surface area contributed by atoms with Gasteiger partial charge in [0.1, 0.15) is 4.34 Å². The number of likely N-dealkylation sites (N-methyl/N-ethyl adjacent to an activating group) is 1. The first-order chi connectivity index (χ1) is 9.16. The van der Waals surface area contributed by atoms with Crippen molar-refractivity contribution in [1.29, 1.82) is 0 Å². The summed E-state index contributed by atoms with van der Waals surface area (Å²) < 4.78 is 0.733. The molecule has 0 N–H and O–H groups in total. The van der Waals surface area contributed by atoms with Crippen LogP contribution in [0.3, 0.4) is 0 Å². The molecule has 0 amide bonds. The molecule has 0 bridgehead atoms. The van der Waals surface area contributed by atoms with Gasteiger partial charge in [0.05, 0.1) is 5.02 Å². The van der Waals surface area contributed by atoms with Crippen molar-refractivity contribution in [2.75, 3.05) is 20.1 Å². The average Bonchev–Trinajstić information content (AvgIpc) is 2.60. The molecule has 1 aliphatic rings. The highest BCUT2D eigenvalue weighted by atomic mass is 35.5. The number of hydrogen-bond donors (Lipinski definition) is 0. The van der Waals surface area contributed by atoms with E-state index >= 15 is 0 Å². The van der Waals surface area contributed by atoms with Crippen molar-refractivity contribution in [3.05, 3.63) is 55.7 Å². The van der Waals surface area contributed by atoms with Gasteiger partial charge in [0.15, 0.2) is 0 Å². The molecule has 1 aromatic heterocycles. The number of hydrogen-bond acceptors (Lipinski definition) is 2. The second kappa shape index (κ2) is 5.45. The van der Waals surface area contributed by atoms with Gasteiger partial charge in [0.2, 0.25) is 0 Å². The second-order valence-corrected chi connectivity index (χ2v) is 7.04. The van der Waals surface area contributed by atoms with Crippen LogP contribution in [0.25, 0.3) is 0 Å². The van der Waals surface area contributed by atoms with Crippen molar-refractivity contribution in [2.45, 2.75) is 12.3 Å². The molecule has 3 rings (SSSR count). The van der Waals surface area contributed by atoms with Gasteiger partial charge in [0.25, 0.3) is 0 Å². The lowest BCUT2D eigenvalue weighted by Crippen LogP contribution is -2.24. The fraction of sp³-hybridized carbons (Fsp3) is 0.333. The summed E-state index contributed by atoms with van der Waals surface area (Å²) in [5, 5.41) is 0.762. The topological polar surface area (TPSA) is 3.24 Å². The first-order valence-corrected chi connectivity index (χ1v) is 7.94. The Morgan fingerprint density at radius 3 is 2.68 bits per heavy atom. The molecule has 0 fully saturated rings. The number of halogens is 2. The van der Waals surface area contributed by atoms with Crippen LogP contribution in [0, 0.1) is 0 Å².